The Morgan fingerprint density at radius 1 is 0.271 bits per heavy atom. The first-order valence-electron chi connectivity index (χ1n) is 24.0. The average molecular weight is 889 g/mol. The van der Waals surface area contributed by atoms with Gasteiger partial charge in [0.2, 0.25) is 0 Å². The number of rotatable bonds is 5. The van der Waals surface area contributed by atoms with Crippen LogP contribution in [0.1, 0.15) is 0 Å². The number of nitrogens with zero attached hydrogens (tertiary/aromatic N) is 4. The van der Waals surface area contributed by atoms with Gasteiger partial charge in [0, 0.05) is 65.5 Å². The summed E-state index contributed by atoms with van der Waals surface area (Å²) in [5.41, 5.74) is 11.9. The molecule has 0 unspecified atom stereocenters. The fourth-order valence-corrected chi connectivity index (χ4v) is 11.7. The minimum absolute atomic E-state index is 0.704. The van der Waals surface area contributed by atoms with E-state index in [-0.39, 0.29) is 0 Å². The van der Waals surface area contributed by atoms with Crippen LogP contribution in [0.3, 0.4) is 0 Å². The second kappa shape index (κ2) is 15.1. The Morgan fingerprint density at radius 3 is 1.33 bits per heavy atom. The third kappa shape index (κ3) is 5.59. The molecule has 15 rings (SSSR count). The molecule has 0 N–H and O–H groups in total. The third-order valence-electron chi connectivity index (χ3n) is 14.6. The van der Waals surface area contributed by atoms with Crippen LogP contribution >= 0.6 is 0 Å². The van der Waals surface area contributed by atoms with Crippen LogP contribution in [0.15, 0.2) is 243 Å². The van der Waals surface area contributed by atoms with E-state index in [1.807, 2.05) is 24.3 Å². The lowest BCUT2D eigenvalue weighted by Gasteiger charge is -2.18. The Hall–Kier alpha value is -9.38. The molecule has 0 spiro atoms. The van der Waals surface area contributed by atoms with Crippen molar-refractivity contribution in [1.29, 1.82) is 0 Å². The fraction of sp³-hybridized carbons (Fsp3) is 0. The maximum absolute atomic E-state index is 5.18. The first-order valence-corrected chi connectivity index (χ1v) is 24.0. The predicted molar refractivity (Wildman–Crippen MR) is 295 cm³/mol. The molecule has 3 heterocycles. The molecule has 324 valence electrons. The highest BCUT2D eigenvalue weighted by Crippen LogP contribution is 2.51. The molecule has 15 aromatic rings. The Bertz CT molecular complexity index is 4570. The highest BCUT2D eigenvalue weighted by Gasteiger charge is 2.26. The van der Waals surface area contributed by atoms with Gasteiger partial charge in [-0.2, -0.15) is 0 Å². The Kier molecular flexibility index (Phi) is 8.33. The van der Waals surface area contributed by atoms with Crippen molar-refractivity contribution in [3.63, 3.8) is 0 Å². The van der Waals surface area contributed by atoms with Gasteiger partial charge in [0.15, 0.2) is 5.82 Å². The maximum Gasteiger partial charge on any atom is 0.160 e. The molecule has 0 radical (unpaired) electrons. The monoisotopic (exact) mass is 888 g/mol. The number of fused-ring (bicyclic) bond motifs is 18. The Balaban J connectivity index is 1.05. The summed E-state index contributed by atoms with van der Waals surface area (Å²) in [5, 5.41) is 17.4. The van der Waals surface area contributed by atoms with Crippen LogP contribution in [0.2, 0.25) is 0 Å². The normalized spacial score (nSPS) is 12.0. The van der Waals surface area contributed by atoms with Gasteiger partial charge in [-0.3, -0.25) is 0 Å². The first-order chi connectivity index (χ1) is 34.8. The van der Waals surface area contributed by atoms with E-state index in [0.29, 0.717) is 5.82 Å². The van der Waals surface area contributed by atoms with Gasteiger partial charge in [0.1, 0.15) is 0 Å². The van der Waals surface area contributed by atoms with Crippen molar-refractivity contribution in [1.82, 2.24) is 19.1 Å². The van der Waals surface area contributed by atoms with Gasteiger partial charge in [-0.05, 0) is 68.7 Å². The molecule has 12 aromatic carbocycles. The highest BCUT2D eigenvalue weighted by atomic mass is 15.0. The van der Waals surface area contributed by atoms with E-state index in [1.165, 1.54) is 97.6 Å². The molecule has 4 nitrogen and oxygen atoms in total. The molecule has 0 aliphatic rings. The molecule has 0 bridgehead atoms. The molecule has 0 fully saturated rings. The zero-order valence-corrected chi connectivity index (χ0v) is 37.9. The summed E-state index contributed by atoms with van der Waals surface area (Å²) in [7, 11) is 0. The molecule has 70 heavy (non-hydrogen) atoms. The van der Waals surface area contributed by atoms with Crippen LogP contribution in [0.5, 0.6) is 0 Å². The van der Waals surface area contributed by atoms with Crippen molar-refractivity contribution in [2.24, 2.45) is 0 Å². The van der Waals surface area contributed by atoms with Gasteiger partial charge in [-0.25, -0.2) is 9.97 Å². The lowest BCUT2D eigenvalue weighted by molar-refractivity contribution is 1.17. The molecular formula is C66H40N4. The Morgan fingerprint density at radius 2 is 0.714 bits per heavy atom. The van der Waals surface area contributed by atoms with Gasteiger partial charge in [-0.1, -0.05) is 206 Å². The maximum atomic E-state index is 5.18. The molecule has 3 aromatic heterocycles. The summed E-state index contributed by atoms with van der Waals surface area (Å²) in [4.78, 5) is 10.2. The van der Waals surface area contributed by atoms with Crippen LogP contribution in [-0.2, 0) is 0 Å². The zero-order valence-electron chi connectivity index (χ0n) is 37.9. The van der Waals surface area contributed by atoms with E-state index in [9.17, 15) is 0 Å². The summed E-state index contributed by atoms with van der Waals surface area (Å²) in [5.74, 6) is 0.704. The van der Waals surface area contributed by atoms with Crippen molar-refractivity contribution >= 4 is 97.5 Å². The second-order valence-corrected chi connectivity index (χ2v) is 18.4. The summed E-state index contributed by atoms with van der Waals surface area (Å²) < 4.78 is 5.07. The summed E-state index contributed by atoms with van der Waals surface area (Å²) >= 11 is 0. The van der Waals surface area contributed by atoms with Crippen LogP contribution < -0.4 is 0 Å². The number of para-hydroxylation sites is 2. The number of hydrogen-bond donors (Lipinski definition) is 0. The smallest absolute Gasteiger partial charge is 0.160 e. The summed E-state index contributed by atoms with van der Waals surface area (Å²) in [6.07, 6.45) is 0. The molecule has 0 atom stereocenters. The lowest BCUT2D eigenvalue weighted by Crippen LogP contribution is -1.98. The fourth-order valence-electron chi connectivity index (χ4n) is 11.7. The zero-order chi connectivity index (χ0) is 45.9. The standard InChI is InChI=1S/C66H40N4/c1-3-19-41(20-4-1)55-40-56(68-66(67-55)43-21-5-2-6-22-43)42-35-37-45(38-36-42)69-57-33-17-15-31-53(57)61-63-60(49-27-11-13-29-51(49)64(61)69)50-28-12-14-30-52(50)65-62(63)54-32-16-18-34-58(54)70(65)59-39-44-23-7-8-24-46(44)47-25-9-10-26-48(47)59/h1-40H. The quantitative estimate of drug-likeness (QED) is 0.161. The van der Waals surface area contributed by atoms with Crippen molar-refractivity contribution in [3.05, 3.63) is 243 Å². The van der Waals surface area contributed by atoms with Crippen molar-refractivity contribution < 1.29 is 0 Å². The Labute approximate surface area is 402 Å². The van der Waals surface area contributed by atoms with Crippen LogP contribution in [0.25, 0.3) is 143 Å². The molecule has 0 aliphatic carbocycles. The summed E-state index contributed by atoms with van der Waals surface area (Å²) in [6, 6.07) is 88.0. The first kappa shape index (κ1) is 38.7. The molecular weight excluding hydrogens is 849 g/mol. The molecule has 0 amide bonds. The lowest BCUT2D eigenvalue weighted by atomic mass is 9.89. The number of aromatic nitrogens is 4. The van der Waals surface area contributed by atoms with Crippen molar-refractivity contribution in [2.75, 3.05) is 0 Å². The van der Waals surface area contributed by atoms with Gasteiger partial charge in [-0.15, -0.1) is 0 Å². The van der Waals surface area contributed by atoms with Gasteiger partial charge >= 0.3 is 0 Å². The van der Waals surface area contributed by atoms with Crippen LogP contribution in [-0.4, -0.2) is 19.1 Å². The van der Waals surface area contributed by atoms with E-state index in [1.54, 1.807) is 0 Å². The number of benzene rings is 12. The summed E-state index contributed by atoms with van der Waals surface area (Å²) in [6.45, 7) is 0. The van der Waals surface area contributed by atoms with E-state index in [0.717, 1.165) is 39.3 Å². The third-order valence-corrected chi connectivity index (χ3v) is 14.6. The van der Waals surface area contributed by atoms with E-state index >= 15 is 0 Å². The average Bonchev–Trinajstić information content (AvgIpc) is 3.98. The molecule has 0 saturated carbocycles. The molecule has 4 heteroatoms. The van der Waals surface area contributed by atoms with Crippen LogP contribution in [0, 0.1) is 0 Å². The molecule has 0 saturated heterocycles. The number of hydrogen-bond acceptors (Lipinski definition) is 2. The highest BCUT2D eigenvalue weighted by molar-refractivity contribution is 6.45. The van der Waals surface area contributed by atoms with Crippen LogP contribution in [0.4, 0.5) is 0 Å². The predicted octanol–water partition coefficient (Wildman–Crippen LogP) is 17.4. The largest absolute Gasteiger partial charge is 0.309 e. The topological polar surface area (TPSA) is 35.6 Å². The van der Waals surface area contributed by atoms with E-state index < -0.39 is 0 Å². The van der Waals surface area contributed by atoms with Crippen molar-refractivity contribution in [2.45, 2.75) is 0 Å². The van der Waals surface area contributed by atoms with Gasteiger partial charge in [0.05, 0.1) is 39.1 Å². The SMILES string of the molecule is c1ccc(-c2cc(-c3ccc(-n4c5ccccc5c5c6c(c7ccccc7c54)c4ccccc4c4c6c5ccccc5n4-c4cc5ccccc5c5ccccc45)cc3)nc(-c3ccccc3)n2)cc1. The van der Waals surface area contributed by atoms with Gasteiger partial charge in [0.25, 0.3) is 0 Å². The van der Waals surface area contributed by atoms with Crippen molar-refractivity contribution in [3.8, 4) is 45.3 Å². The second-order valence-electron chi connectivity index (χ2n) is 18.4. The minimum Gasteiger partial charge on any atom is -0.309 e. The van der Waals surface area contributed by atoms with Gasteiger partial charge < -0.3 is 9.13 Å². The van der Waals surface area contributed by atoms with E-state index in [4.69, 9.17) is 9.97 Å². The minimum atomic E-state index is 0.704. The molecule has 0 aliphatic heterocycles. The van der Waals surface area contributed by atoms with E-state index in [2.05, 4.69) is 228 Å².